The molecule has 1 N–H and O–H groups in total. The Balaban J connectivity index is 2.37. The molecule has 0 saturated carbocycles. The van der Waals surface area contributed by atoms with Crippen LogP contribution in [-0.2, 0) is 10.0 Å². The number of ether oxygens (including phenoxy) is 2. The van der Waals surface area contributed by atoms with E-state index in [-0.39, 0.29) is 14.9 Å². The van der Waals surface area contributed by atoms with Crippen molar-refractivity contribution in [3.8, 4) is 11.5 Å². The molecule has 0 amide bonds. The Bertz CT molecular complexity index is 771. The minimum atomic E-state index is -3.81. The fourth-order valence-corrected chi connectivity index (χ4v) is 3.15. The summed E-state index contributed by atoms with van der Waals surface area (Å²) in [7, 11) is -0.850. The molecule has 118 valence electrons. The number of methoxy groups -OCH3 is 2. The standard InChI is InChI=1S/C14H13Cl2NO4S/c1-20-10-5-9(6-11(7-10)21-2)17-22(18,19)12-3-4-13(15)14(16)8-12/h3-8,17H,1-2H3. The second-order valence-corrected chi connectivity index (χ2v) is 6.78. The van der Waals surface area contributed by atoms with E-state index in [1.807, 2.05) is 0 Å². The summed E-state index contributed by atoms with van der Waals surface area (Å²) >= 11 is 11.6. The highest BCUT2D eigenvalue weighted by Crippen LogP contribution is 2.29. The third-order valence-corrected chi connectivity index (χ3v) is 4.92. The summed E-state index contributed by atoms with van der Waals surface area (Å²) in [6.07, 6.45) is 0. The Hall–Kier alpha value is -1.63. The summed E-state index contributed by atoms with van der Waals surface area (Å²) in [5, 5.41) is 0.441. The number of hydrogen-bond acceptors (Lipinski definition) is 4. The van der Waals surface area contributed by atoms with Gasteiger partial charge in [-0.25, -0.2) is 8.42 Å². The Kier molecular flexibility index (Phi) is 5.05. The van der Waals surface area contributed by atoms with E-state index in [2.05, 4.69) is 4.72 Å². The van der Waals surface area contributed by atoms with Crippen LogP contribution in [0.2, 0.25) is 10.0 Å². The van der Waals surface area contributed by atoms with Crippen LogP contribution in [0.3, 0.4) is 0 Å². The van der Waals surface area contributed by atoms with Gasteiger partial charge in [-0.1, -0.05) is 23.2 Å². The van der Waals surface area contributed by atoms with Crippen LogP contribution in [0.15, 0.2) is 41.3 Å². The first kappa shape index (κ1) is 16.7. The molecule has 0 aromatic heterocycles. The van der Waals surface area contributed by atoms with Crippen molar-refractivity contribution in [2.75, 3.05) is 18.9 Å². The highest BCUT2D eigenvalue weighted by molar-refractivity contribution is 7.92. The largest absolute Gasteiger partial charge is 0.497 e. The molecule has 2 aromatic rings. The smallest absolute Gasteiger partial charge is 0.261 e. The molecule has 2 aromatic carbocycles. The van der Waals surface area contributed by atoms with Crippen molar-refractivity contribution in [2.45, 2.75) is 4.90 Å². The lowest BCUT2D eigenvalue weighted by Gasteiger charge is -2.11. The zero-order valence-electron chi connectivity index (χ0n) is 11.8. The molecule has 0 aliphatic heterocycles. The van der Waals surface area contributed by atoms with Crippen LogP contribution in [0.25, 0.3) is 0 Å². The molecule has 0 aliphatic rings. The van der Waals surface area contributed by atoms with E-state index in [1.165, 1.54) is 44.6 Å². The molecule has 0 unspecified atom stereocenters. The van der Waals surface area contributed by atoms with Gasteiger partial charge in [0.1, 0.15) is 11.5 Å². The van der Waals surface area contributed by atoms with Crippen LogP contribution in [0.4, 0.5) is 5.69 Å². The van der Waals surface area contributed by atoms with Gasteiger partial charge in [-0.15, -0.1) is 0 Å². The van der Waals surface area contributed by atoms with Crippen molar-refractivity contribution < 1.29 is 17.9 Å². The molecule has 0 heterocycles. The van der Waals surface area contributed by atoms with E-state index in [0.29, 0.717) is 17.2 Å². The highest BCUT2D eigenvalue weighted by atomic mass is 35.5. The van der Waals surface area contributed by atoms with Crippen molar-refractivity contribution in [2.24, 2.45) is 0 Å². The van der Waals surface area contributed by atoms with E-state index >= 15 is 0 Å². The second kappa shape index (κ2) is 6.64. The maximum atomic E-state index is 12.4. The van der Waals surface area contributed by atoms with Gasteiger partial charge in [0.15, 0.2) is 0 Å². The Morgan fingerprint density at radius 1 is 0.909 bits per heavy atom. The molecule has 0 fully saturated rings. The van der Waals surface area contributed by atoms with Crippen LogP contribution >= 0.6 is 23.2 Å². The van der Waals surface area contributed by atoms with Gasteiger partial charge in [0.2, 0.25) is 0 Å². The first-order valence-corrected chi connectivity index (χ1v) is 8.30. The maximum absolute atomic E-state index is 12.4. The Morgan fingerprint density at radius 3 is 2.00 bits per heavy atom. The van der Waals surface area contributed by atoms with Gasteiger partial charge in [-0.3, -0.25) is 4.72 Å². The van der Waals surface area contributed by atoms with Gasteiger partial charge in [-0.2, -0.15) is 0 Å². The quantitative estimate of drug-likeness (QED) is 0.879. The topological polar surface area (TPSA) is 64.6 Å². The van der Waals surface area contributed by atoms with Gasteiger partial charge >= 0.3 is 0 Å². The van der Waals surface area contributed by atoms with Crippen LogP contribution in [0, 0.1) is 0 Å². The van der Waals surface area contributed by atoms with Gasteiger partial charge < -0.3 is 9.47 Å². The van der Waals surface area contributed by atoms with Crippen molar-refractivity contribution in [1.82, 2.24) is 0 Å². The lowest BCUT2D eigenvalue weighted by atomic mass is 10.3. The summed E-state index contributed by atoms with van der Waals surface area (Å²) in [4.78, 5) is 0.00341. The first-order chi connectivity index (χ1) is 10.4. The van der Waals surface area contributed by atoms with E-state index in [4.69, 9.17) is 32.7 Å². The fourth-order valence-electron chi connectivity index (χ4n) is 1.72. The van der Waals surface area contributed by atoms with Crippen LogP contribution in [-0.4, -0.2) is 22.6 Å². The lowest BCUT2D eigenvalue weighted by molar-refractivity contribution is 0.395. The van der Waals surface area contributed by atoms with Crippen molar-refractivity contribution in [3.63, 3.8) is 0 Å². The number of hydrogen-bond donors (Lipinski definition) is 1. The molecule has 0 saturated heterocycles. The molecule has 0 atom stereocenters. The predicted octanol–water partition coefficient (Wildman–Crippen LogP) is 3.81. The molecular formula is C14H13Cl2NO4S. The number of nitrogens with one attached hydrogen (secondary N) is 1. The van der Waals surface area contributed by atoms with E-state index < -0.39 is 10.0 Å². The lowest BCUT2D eigenvalue weighted by Crippen LogP contribution is -2.13. The summed E-state index contributed by atoms with van der Waals surface area (Å²) in [6, 6.07) is 8.79. The average molecular weight is 362 g/mol. The molecule has 8 heteroatoms. The molecule has 5 nitrogen and oxygen atoms in total. The van der Waals surface area contributed by atoms with E-state index in [0.717, 1.165) is 0 Å². The van der Waals surface area contributed by atoms with Crippen molar-refractivity contribution >= 4 is 38.9 Å². The maximum Gasteiger partial charge on any atom is 0.261 e. The average Bonchev–Trinajstić information content (AvgIpc) is 2.48. The molecule has 0 radical (unpaired) electrons. The third kappa shape index (κ3) is 3.76. The Labute approximate surface area is 138 Å². The predicted molar refractivity (Wildman–Crippen MR) is 86.8 cm³/mol. The van der Waals surface area contributed by atoms with Gasteiger partial charge in [0.25, 0.3) is 10.0 Å². The summed E-state index contributed by atoms with van der Waals surface area (Å²) in [6.45, 7) is 0. The van der Waals surface area contributed by atoms with Crippen LogP contribution in [0.1, 0.15) is 0 Å². The second-order valence-electron chi connectivity index (χ2n) is 4.28. The van der Waals surface area contributed by atoms with Crippen LogP contribution < -0.4 is 14.2 Å². The number of rotatable bonds is 5. The van der Waals surface area contributed by atoms with Gasteiger partial charge in [0, 0.05) is 18.2 Å². The molecule has 0 spiro atoms. The zero-order valence-corrected chi connectivity index (χ0v) is 14.1. The van der Waals surface area contributed by atoms with E-state index in [1.54, 1.807) is 6.07 Å². The SMILES string of the molecule is COc1cc(NS(=O)(=O)c2ccc(Cl)c(Cl)c2)cc(OC)c1. The normalized spacial score (nSPS) is 11.1. The van der Waals surface area contributed by atoms with Gasteiger partial charge in [-0.05, 0) is 18.2 Å². The van der Waals surface area contributed by atoms with Crippen LogP contribution in [0.5, 0.6) is 11.5 Å². The minimum absolute atomic E-state index is 0.00341. The number of anilines is 1. The molecule has 2 rings (SSSR count). The van der Waals surface area contributed by atoms with Crippen molar-refractivity contribution in [1.29, 1.82) is 0 Å². The first-order valence-electron chi connectivity index (χ1n) is 6.06. The summed E-state index contributed by atoms with van der Waals surface area (Å²) in [5.74, 6) is 0.928. The minimum Gasteiger partial charge on any atom is -0.497 e. The highest BCUT2D eigenvalue weighted by Gasteiger charge is 2.16. The molecule has 22 heavy (non-hydrogen) atoms. The third-order valence-electron chi connectivity index (χ3n) is 2.81. The fraction of sp³-hybridized carbons (Fsp3) is 0.143. The van der Waals surface area contributed by atoms with Crippen molar-refractivity contribution in [3.05, 3.63) is 46.4 Å². The number of benzene rings is 2. The summed E-state index contributed by atoms with van der Waals surface area (Å²) < 4.78 is 37.4. The number of sulfonamides is 1. The zero-order chi connectivity index (χ0) is 16.3. The molecule has 0 bridgehead atoms. The molecular weight excluding hydrogens is 349 g/mol. The van der Waals surface area contributed by atoms with Gasteiger partial charge in [0.05, 0.1) is 34.8 Å². The Morgan fingerprint density at radius 2 is 1.50 bits per heavy atom. The van der Waals surface area contributed by atoms with E-state index in [9.17, 15) is 8.42 Å². The monoisotopic (exact) mass is 361 g/mol. The summed E-state index contributed by atoms with van der Waals surface area (Å²) in [5.41, 5.74) is 0.308. The molecule has 0 aliphatic carbocycles. The number of halogens is 2.